The maximum absolute atomic E-state index is 13.5. The Hall–Kier alpha value is -2.61. The minimum absolute atomic E-state index is 0.0513. The Balaban J connectivity index is 1.80. The molecule has 0 radical (unpaired) electrons. The lowest BCUT2D eigenvalue weighted by Crippen LogP contribution is -2.20. The fraction of sp³-hybridized carbons (Fsp3) is 0.409. The summed E-state index contributed by atoms with van der Waals surface area (Å²) >= 11 is 6.04. The van der Waals surface area contributed by atoms with Gasteiger partial charge in [-0.25, -0.2) is 4.98 Å². The molecule has 2 aliphatic rings. The van der Waals surface area contributed by atoms with E-state index in [-0.39, 0.29) is 10.8 Å². The van der Waals surface area contributed by atoms with Gasteiger partial charge in [-0.2, -0.15) is 13.2 Å². The van der Waals surface area contributed by atoms with E-state index in [9.17, 15) is 27.9 Å². The second-order valence-corrected chi connectivity index (χ2v) is 8.27. The van der Waals surface area contributed by atoms with Gasteiger partial charge in [0.1, 0.15) is 0 Å². The van der Waals surface area contributed by atoms with Crippen molar-refractivity contribution >= 4 is 28.9 Å². The van der Waals surface area contributed by atoms with Crippen LogP contribution in [0.4, 0.5) is 13.2 Å². The topological polar surface area (TPSA) is 72.2 Å². The zero-order chi connectivity index (χ0) is 22.3. The summed E-state index contributed by atoms with van der Waals surface area (Å²) < 4.78 is 42.3. The molecule has 4 rings (SSSR count). The standard InChI is InChI=1S/C22H20ClF3N2O3/c23-15-5-3-4-14(22(24,25)26)17(15)19(29)20-27-18(16-6-1-2-11-28(16)20)12-7-9-13(10-8-12)21(30)31/h3-5,7,13H,1-2,6,8-11H2,(H,30,31). The van der Waals surface area contributed by atoms with Crippen molar-refractivity contribution in [3.05, 3.63) is 57.6 Å². The number of benzene rings is 1. The van der Waals surface area contributed by atoms with Crippen LogP contribution < -0.4 is 0 Å². The number of allylic oxidation sites excluding steroid dienone is 2. The van der Waals surface area contributed by atoms with Crippen LogP contribution in [0, 0.1) is 5.92 Å². The number of rotatable bonds is 4. The number of ketones is 1. The molecule has 1 atom stereocenters. The van der Waals surface area contributed by atoms with Gasteiger partial charge in [0.2, 0.25) is 5.78 Å². The SMILES string of the molecule is O=C(c1c(Cl)cccc1C(F)(F)F)c1nc(C2=CCC(C(=O)O)CC2)c2n1CCCC2. The molecule has 1 aromatic heterocycles. The highest BCUT2D eigenvalue weighted by atomic mass is 35.5. The third kappa shape index (κ3) is 4.01. The Morgan fingerprint density at radius 2 is 1.97 bits per heavy atom. The van der Waals surface area contributed by atoms with Crippen LogP contribution in [0.1, 0.15) is 65.2 Å². The Bertz CT molecular complexity index is 1090. The number of nitrogens with zero attached hydrogens (tertiary/aromatic N) is 2. The first-order valence-corrected chi connectivity index (χ1v) is 10.5. The fourth-order valence-electron chi connectivity index (χ4n) is 4.35. The van der Waals surface area contributed by atoms with Crippen LogP contribution in [0.3, 0.4) is 0 Å². The van der Waals surface area contributed by atoms with E-state index in [1.165, 1.54) is 12.1 Å². The lowest BCUT2D eigenvalue weighted by molar-refractivity contribution is -0.142. The number of carboxylic acid groups (broad SMARTS) is 1. The van der Waals surface area contributed by atoms with Crippen molar-refractivity contribution in [2.24, 2.45) is 5.92 Å². The van der Waals surface area contributed by atoms with Gasteiger partial charge >= 0.3 is 12.1 Å². The third-order valence-electron chi connectivity index (χ3n) is 5.93. The average Bonchev–Trinajstić information content (AvgIpc) is 3.12. The van der Waals surface area contributed by atoms with Crippen molar-refractivity contribution in [1.29, 1.82) is 0 Å². The molecule has 1 N–H and O–H groups in total. The Labute approximate surface area is 181 Å². The maximum atomic E-state index is 13.5. The summed E-state index contributed by atoms with van der Waals surface area (Å²) in [5, 5.41) is 8.94. The molecule has 1 aliphatic carbocycles. The quantitative estimate of drug-likeness (QED) is 0.631. The molecular formula is C22H20ClF3N2O3. The molecule has 0 amide bonds. The van der Waals surface area contributed by atoms with Gasteiger partial charge in [-0.05, 0) is 56.2 Å². The van der Waals surface area contributed by atoms with Gasteiger partial charge in [0.15, 0.2) is 5.82 Å². The molecule has 164 valence electrons. The van der Waals surface area contributed by atoms with Crippen molar-refractivity contribution in [3.8, 4) is 0 Å². The highest BCUT2D eigenvalue weighted by Crippen LogP contribution is 2.38. The van der Waals surface area contributed by atoms with E-state index in [2.05, 4.69) is 4.98 Å². The fourth-order valence-corrected chi connectivity index (χ4v) is 4.61. The summed E-state index contributed by atoms with van der Waals surface area (Å²) in [6, 6.07) is 3.27. The summed E-state index contributed by atoms with van der Waals surface area (Å²) in [4.78, 5) is 29.0. The lowest BCUT2D eigenvalue weighted by atomic mass is 9.87. The van der Waals surface area contributed by atoms with E-state index in [1.807, 2.05) is 6.08 Å². The second-order valence-electron chi connectivity index (χ2n) is 7.87. The summed E-state index contributed by atoms with van der Waals surface area (Å²) in [6.45, 7) is 0.486. The van der Waals surface area contributed by atoms with E-state index in [1.54, 1.807) is 4.57 Å². The van der Waals surface area contributed by atoms with Crippen LogP contribution in [-0.4, -0.2) is 26.4 Å². The van der Waals surface area contributed by atoms with Gasteiger partial charge in [-0.15, -0.1) is 0 Å². The number of alkyl halides is 3. The summed E-state index contributed by atoms with van der Waals surface area (Å²) in [5.74, 6) is -2.21. The Kier molecular flexibility index (Phi) is 5.68. The molecular weight excluding hydrogens is 433 g/mol. The number of hydrogen-bond donors (Lipinski definition) is 1. The molecule has 5 nitrogen and oxygen atoms in total. The number of fused-ring (bicyclic) bond motifs is 1. The van der Waals surface area contributed by atoms with E-state index in [0.717, 1.165) is 30.2 Å². The minimum Gasteiger partial charge on any atom is -0.481 e. The number of carboxylic acids is 1. The predicted octanol–water partition coefficient (Wildman–Crippen LogP) is 5.39. The number of aromatic nitrogens is 2. The molecule has 1 aromatic carbocycles. The number of carbonyl (C=O) groups is 2. The number of imidazole rings is 1. The monoisotopic (exact) mass is 452 g/mol. The van der Waals surface area contributed by atoms with Crippen molar-refractivity contribution in [2.45, 2.75) is 51.2 Å². The zero-order valence-corrected chi connectivity index (χ0v) is 17.3. The van der Waals surface area contributed by atoms with Gasteiger partial charge in [0, 0.05) is 12.2 Å². The smallest absolute Gasteiger partial charge is 0.417 e. The second kappa shape index (κ2) is 8.15. The van der Waals surface area contributed by atoms with Gasteiger partial charge in [-0.1, -0.05) is 23.7 Å². The predicted molar refractivity (Wildman–Crippen MR) is 108 cm³/mol. The van der Waals surface area contributed by atoms with E-state index in [4.69, 9.17) is 11.6 Å². The van der Waals surface area contributed by atoms with E-state index in [0.29, 0.717) is 37.9 Å². The summed E-state index contributed by atoms with van der Waals surface area (Å²) in [5.41, 5.74) is 0.575. The van der Waals surface area contributed by atoms with Crippen molar-refractivity contribution < 1.29 is 27.9 Å². The first-order chi connectivity index (χ1) is 14.7. The molecule has 0 spiro atoms. The van der Waals surface area contributed by atoms with Crippen LogP contribution in [0.15, 0.2) is 24.3 Å². The van der Waals surface area contributed by atoms with Crippen molar-refractivity contribution in [2.75, 3.05) is 0 Å². The molecule has 1 unspecified atom stereocenters. The van der Waals surface area contributed by atoms with Gasteiger partial charge < -0.3 is 9.67 Å². The molecule has 9 heteroatoms. The molecule has 0 bridgehead atoms. The lowest BCUT2D eigenvalue weighted by Gasteiger charge is -2.20. The molecule has 2 heterocycles. The molecule has 1 aliphatic heterocycles. The molecule has 31 heavy (non-hydrogen) atoms. The van der Waals surface area contributed by atoms with Gasteiger partial charge in [0.05, 0.1) is 27.8 Å². The highest BCUT2D eigenvalue weighted by molar-refractivity contribution is 6.35. The van der Waals surface area contributed by atoms with E-state index >= 15 is 0 Å². The minimum atomic E-state index is -4.73. The molecule has 0 fully saturated rings. The summed E-state index contributed by atoms with van der Waals surface area (Å²) in [6.07, 6.45) is 0.745. The largest absolute Gasteiger partial charge is 0.481 e. The summed E-state index contributed by atoms with van der Waals surface area (Å²) in [7, 11) is 0. The van der Waals surface area contributed by atoms with Crippen LogP contribution >= 0.6 is 11.6 Å². The first kappa shape index (κ1) is 21.6. The van der Waals surface area contributed by atoms with Gasteiger partial charge in [-0.3, -0.25) is 9.59 Å². The highest BCUT2D eigenvalue weighted by Gasteiger charge is 2.38. The van der Waals surface area contributed by atoms with E-state index < -0.39 is 35.0 Å². The number of halogens is 4. The van der Waals surface area contributed by atoms with Gasteiger partial charge in [0.25, 0.3) is 0 Å². The normalized spacial score (nSPS) is 19.0. The number of aliphatic carboxylic acids is 1. The van der Waals surface area contributed by atoms with Crippen LogP contribution in [0.2, 0.25) is 5.02 Å². The van der Waals surface area contributed by atoms with Crippen LogP contribution in [0.25, 0.3) is 5.57 Å². The zero-order valence-electron chi connectivity index (χ0n) is 16.5. The van der Waals surface area contributed by atoms with Crippen molar-refractivity contribution in [3.63, 3.8) is 0 Å². The molecule has 0 saturated heterocycles. The molecule has 2 aromatic rings. The first-order valence-electron chi connectivity index (χ1n) is 10.1. The Morgan fingerprint density at radius 1 is 1.19 bits per heavy atom. The molecule has 0 saturated carbocycles. The number of carbonyl (C=O) groups excluding carboxylic acids is 1. The van der Waals surface area contributed by atoms with Crippen molar-refractivity contribution in [1.82, 2.24) is 9.55 Å². The van der Waals surface area contributed by atoms with Crippen LogP contribution in [0.5, 0.6) is 0 Å². The van der Waals surface area contributed by atoms with Crippen LogP contribution in [-0.2, 0) is 23.9 Å². The Morgan fingerprint density at radius 3 is 2.61 bits per heavy atom. The number of hydrogen-bond acceptors (Lipinski definition) is 3. The average molecular weight is 453 g/mol. The third-order valence-corrected chi connectivity index (χ3v) is 6.25. The maximum Gasteiger partial charge on any atom is 0.417 e.